The highest BCUT2D eigenvalue weighted by atomic mass is 16.7. The van der Waals surface area contributed by atoms with Gasteiger partial charge in [-0.2, -0.15) is 4.98 Å². The maximum Gasteiger partial charge on any atom is 0.280 e. The lowest BCUT2D eigenvalue weighted by Gasteiger charge is -2.19. The van der Waals surface area contributed by atoms with Gasteiger partial charge in [-0.25, -0.2) is 4.98 Å². The molecule has 0 spiro atoms. The zero-order valence-electron chi connectivity index (χ0n) is 14.0. The first-order valence-corrected chi connectivity index (χ1v) is 7.66. The Bertz CT molecular complexity index is 786. The molecule has 0 aromatic carbocycles. The molecule has 0 saturated heterocycles. The van der Waals surface area contributed by atoms with Crippen molar-refractivity contribution in [3.8, 4) is 0 Å². The van der Waals surface area contributed by atoms with Crippen molar-refractivity contribution in [3.05, 3.63) is 16.7 Å². The van der Waals surface area contributed by atoms with Gasteiger partial charge in [0.1, 0.15) is 13.3 Å². The van der Waals surface area contributed by atoms with Gasteiger partial charge in [0, 0.05) is 0 Å². The summed E-state index contributed by atoms with van der Waals surface area (Å²) in [6.07, 6.45) is 0.306. The van der Waals surface area contributed by atoms with Crippen molar-refractivity contribution >= 4 is 22.9 Å². The number of nitrogen functional groups attached to an aromatic ring is 1. The fourth-order valence-electron chi connectivity index (χ4n) is 2.03. The number of ketones is 1. The van der Waals surface area contributed by atoms with Gasteiger partial charge >= 0.3 is 0 Å². The minimum atomic E-state index is -1.04. The Labute approximate surface area is 142 Å². The first-order valence-electron chi connectivity index (χ1n) is 7.66. The van der Waals surface area contributed by atoms with Crippen LogP contribution in [-0.2, 0) is 21.0 Å². The lowest BCUT2D eigenvalue weighted by atomic mass is 10.0. The van der Waals surface area contributed by atoms with Crippen LogP contribution in [0.2, 0.25) is 0 Å². The van der Waals surface area contributed by atoms with Crippen molar-refractivity contribution in [1.29, 1.82) is 0 Å². The summed E-state index contributed by atoms with van der Waals surface area (Å²) in [5.41, 5.74) is 11.1. The number of imidazole rings is 1. The molecule has 2 rings (SSSR count). The monoisotopic (exact) mass is 354 g/mol. The van der Waals surface area contributed by atoms with E-state index in [0.717, 1.165) is 0 Å². The molecule has 0 bridgehead atoms. The van der Waals surface area contributed by atoms with E-state index < -0.39 is 24.5 Å². The Morgan fingerprint density at radius 1 is 1.44 bits per heavy atom. The second kappa shape index (κ2) is 8.16. The predicted molar refractivity (Wildman–Crippen MR) is 88.3 cm³/mol. The summed E-state index contributed by atoms with van der Waals surface area (Å²) >= 11 is 0. The predicted octanol–water partition coefficient (Wildman–Crippen LogP) is -1.44. The molecule has 0 aliphatic rings. The summed E-state index contributed by atoms with van der Waals surface area (Å²) in [5.74, 6) is -0.356. The third kappa shape index (κ3) is 4.60. The van der Waals surface area contributed by atoms with Crippen molar-refractivity contribution in [3.63, 3.8) is 0 Å². The minimum Gasteiger partial charge on any atom is -0.391 e. The van der Waals surface area contributed by atoms with E-state index in [0.29, 0.717) is 0 Å². The summed E-state index contributed by atoms with van der Waals surface area (Å²) in [4.78, 5) is 33.8. The molecule has 0 saturated carbocycles. The number of hydrogen-bond acceptors (Lipinski definition) is 9. The molecule has 2 aromatic heterocycles. The second-order valence-electron chi connectivity index (χ2n) is 5.79. The van der Waals surface area contributed by atoms with Crippen molar-refractivity contribution in [2.75, 3.05) is 18.9 Å². The van der Waals surface area contributed by atoms with E-state index >= 15 is 0 Å². The fourth-order valence-corrected chi connectivity index (χ4v) is 2.03. The van der Waals surface area contributed by atoms with Crippen molar-refractivity contribution < 1.29 is 19.4 Å². The molecule has 2 heterocycles. The molecule has 25 heavy (non-hydrogen) atoms. The van der Waals surface area contributed by atoms with Crippen LogP contribution in [0.5, 0.6) is 0 Å². The molecule has 2 atom stereocenters. The third-order valence-corrected chi connectivity index (χ3v) is 3.54. The number of carbonyl (C=O) groups excluding carboxylic acids is 1. The number of Topliss-reactive ketones (excluding diaryl/α,β-unsaturated/α-hetero) is 1. The highest BCUT2D eigenvalue weighted by Gasteiger charge is 2.20. The molecule has 11 nitrogen and oxygen atoms in total. The number of aromatic amines is 1. The Kier molecular flexibility index (Phi) is 6.20. The summed E-state index contributed by atoms with van der Waals surface area (Å²) in [6, 6.07) is -0.643. The summed E-state index contributed by atoms with van der Waals surface area (Å²) in [6.45, 7) is 2.80. The molecule has 138 valence electrons. The highest BCUT2D eigenvalue weighted by molar-refractivity contribution is 5.85. The van der Waals surface area contributed by atoms with Gasteiger partial charge < -0.3 is 26.0 Å². The minimum absolute atomic E-state index is 0.0171. The quantitative estimate of drug-likeness (QED) is 0.394. The molecule has 0 amide bonds. The average Bonchev–Trinajstić information content (AvgIpc) is 2.97. The molecular formula is C14H22N6O5. The van der Waals surface area contributed by atoms with Crippen molar-refractivity contribution in [1.82, 2.24) is 19.5 Å². The van der Waals surface area contributed by atoms with Gasteiger partial charge in [-0.15, -0.1) is 0 Å². The van der Waals surface area contributed by atoms with Gasteiger partial charge in [0.25, 0.3) is 5.56 Å². The zero-order valence-corrected chi connectivity index (χ0v) is 14.0. The van der Waals surface area contributed by atoms with Gasteiger partial charge in [-0.05, 0) is 5.92 Å². The second-order valence-corrected chi connectivity index (χ2v) is 5.79. The van der Waals surface area contributed by atoms with Crippen LogP contribution >= 0.6 is 0 Å². The van der Waals surface area contributed by atoms with Crippen LogP contribution in [0.1, 0.15) is 13.8 Å². The third-order valence-electron chi connectivity index (χ3n) is 3.54. The Balaban J connectivity index is 1.97. The van der Waals surface area contributed by atoms with E-state index in [1.54, 1.807) is 0 Å². The lowest BCUT2D eigenvalue weighted by Crippen LogP contribution is -2.39. The number of aliphatic hydroxyl groups is 1. The molecule has 6 N–H and O–H groups in total. The number of carbonyl (C=O) groups is 1. The van der Waals surface area contributed by atoms with Crippen molar-refractivity contribution in [2.45, 2.75) is 32.9 Å². The SMILES string of the molecule is CC(C)C(N)C(=O)COC(CO)OCn1cnc2c(=O)[nH]c(N)nc21. The number of H-pyrrole nitrogens is 1. The summed E-state index contributed by atoms with van der Waals surface area (Å²) < 4.78 is 12.0. The van der Waals surface area contributed by atoms with Gasteiger partial charge in [0.05, 0.1) is 19.0 Å². The maximum atomic E-state index is 11.8. The van der Waals surface area contributed by atoms with E-state index in [2.05, 4.69) is 15.0 Å². The molecule has 0 aliphatic heterocycles. The summed E-state index contributed by atoms with van der Waals surface area (Å²) in [7, 11) is 0. The van der Waals surface area contributed by atoms with Crippen LogP contribution in [0, 0.1) is 5.92 Å². The first kappa shape index (κ1) is 19.0. The van der Waals surface area contributed by atoms with Crippen LogP contribution in [0.25, 0.3) is 11.2 Å². The van der Waals surface area contributed by atoms with Gasteiger partial charge in [-0.3, -0.25) is 19.1 Å². The largest absolute Gasteiger partial charge is 0.391 e. The first-order chi connectivity index (χ1) is 11.8. The number of aromatic nitrogens is 4. The molecule has 0 radical (unpaired) electrons. The van der Waals surface area contributed by atoms with Gasteiger partial charge in [-0.1, -0.05) is 13.8 Å². The van der Waals surface area contributed by atoms with Crippen LogP contribution in [-0.4, -0.2) is 56.0 Å². The average molecular weight is 354 g/mol. The molecule has 0 aliphatic carbocycles. The number of ether oxygens (including phenoxy) is 2. The smallest absolute Gasteiger partial charge is 0.280 e. The standard InChI is InChI=1S/C14H22N6O5/c1-7(2)10(15)8(22)4-24-9(3-21)25-6-20-5-17-11-12(20)18-14(16)19-13(11)23/h5,7,9-10,21H,3-4,6,15H2,1-2H3,(H3,16,18,19,23). The Morgan fingerprint density at radius 2 is 2.16 bits per heavy atom. The number of rotatable bonds is 9. The Hall–Kier alpha value is -2.34. The van der Waals surface area contributed by atoms with Gasteiger partial charge in [0.2, 0.25) is 5.95 Å². The van der Waals surface area contributed by atoms with Gasteiger partial charge in [0.15, 0.2) is 23.2 Å². The van der Waals surface area contributed by atoms with E-state index in [-0.39, 0.29) is 42.2 Å². The lowest BCUT2D eigenvalue weighted by molar-refractivity contribution is -0.183. The number of nitrogens with two attached hydrogens (primary N) is 2. The van der Waals surface area contributed by atoms with Crippen molar-refractivity contribution in [2.24, 2.45) is 11.7 Å². The molecule has 11 heteroatoms. The highest BCUT2D eigenvalue weighted by Crippen LogP contribution is 2.08. The molecule has 0 fully saturated rings. The van der Waals surface area contributed by atoms with Crippen LogP contribution in [0.15, 0.2) is 11.1 Å². The fraction of sp³-hybridized carbons (Fsp3) is 0.571. The molecule has 2 aromatic rings. The number of nitrogens with zero attached hydrogens (tertiary/aromatic N) is 3. The maximum absolute atomic E-state index is 11.8. The number of nitrogens with one attached hydrogen (secondary N) is 1. The number of fused-ring (bicyclic) bond motifs is 1. The van der Waals surface area contributed by atoms with Crippen LogP contribution in [0.3, 0.4) is 0 Å². The van der Waals surface area contributed by atoms with E-state index in [4.69, 9.17) is 20.9 Å². The summed E-state index contributed by atoms with van der Waals surface area (Å²) in [5, 5.41) is 9.31. The Morgan fingerprint density at radius 3 is 2.80 bits per heavy atom. The van der Waals surface area contributed by atoms with E-state index in [1.807, 2.05) is 13.8 Å². The van der Waals surface area contributed by atoms with Crippen LogP contribution < -0.4 is 17.0 Å². The molecule has 2 unspecified atom stereocenters. The topological polar surface area (TPSA) is 171 Å². The zero-order chi connectivity index (χ0) is 18.6. The van der Waals surface area contributed by atoms with E-state index in [9.17, 15) is 14.7 Å². The number of anilines is 1. The number of aliphatic hydroxyl groups excluding tert-OH is 1. The molecular weight excluding hydrogens is 332 g/mol. The number of hydrogen-bond donors (Lipinski definition) is 4. The van der Waals surface area contributed by atoms with Crippen LogP contribution in [0.4, 0.5) is 5.95 Å². The normalized spacial score (nSPS) is 14.1. The van der Waals surface area contributed by atoms with E-state index in [1.165, 1.54) is 10.9 Å².